The number of ether oxygens (including phenoxy) is 1. The summed E-state index contributed by atoms with van der Waals surface area (Å²) in [4.78, 5) is 22.2. The highest BCUT2D eigenvalue weighted by atomic mass is 16.5. The van der Waals surface area contributed by atoms with Crippen LogP contribution in [0, 0.1) is 0 Å². The Hall–Kier alpha value is -2.82. The lowest BCUT2D eigenvalue weighted by Crippen LogP contribution is -2.35. The van der Waals surface area contributed by atoms with Gasteiger partial charge in [-0.25, -0.2) is 4.98 Å². The van der Waals surface area contributed by atoms with Gasteiger partial charge in [0.25, 0.3) is 5.91 Å². The van der Waals surface area contributed by atoms with Crippen LogP contribution in [0.4, 0.5) is 0 Å². The van der Waals surface area contributed by atoms with Crippen molar-refractivity contribution >= 4 is 16.8 Å². The van der Waals surface area contributed by atoms with Crippen LogP contribution in [-0.4, -0.2) is 34.4 Å². The second-order valence-corrected chi connectivity index (χ2v) is 5.69. The lowest BCUT2D eigenvalue weighted by molar-refractivity contribution is 0.0734. The number of carbonyl (C=O) groups is 1. The van der Waals surface area contributed by atoms with Gasteiger partial charge in [-0.05, 0) is 12.1 Å². The van der Waals surface area contributed by atoms with E-state index < -0.39 is 0 Å². The van der Waals surface area contributed by atoms with Crippen molar-refractivity contribution in [2.24, 2.45) is 0 Å². The molecule has 1 amide bonds. The third kappa shape index (κ3) is 2.34. The lowest BCUT2D eigenvalue weighted by Gasteiger charge is -2.27. The fourth-order valence-corrected chi connectivity index (χ4v) is 3.15. The Morgan fingerprint density at radius 2 is 2.13 bits per heavy atom. The molecule has 1 aliphatic rings. The summed E-state index contributed by atoms with van der Waals surface area (Å²) in [6.45, 7) is 1.34. The molecule has 0 fully saturated rings. The van der Waals surface area contributed by atoms with Crippen LogP contribution in [0.5, 0.6) is 5.88 Å². The highest BCUT2D eigenvalue weighted by Crippen LogP contribution is 2.28. The molecule has 1 N–H and O–H groups in total. The maximum absolute atomic E-state index is 12.7. The van der Waals surface area contributed by atoms with Crippen LogP contribution < -0.4 is 4.74 Å². The number of hydrogen-bond donors (Lipinski definition) is 1. The Morgan fingerprint density at radius 1 is 1.26 bits per heavy atom. The lowest BCUT2D eigenvalue weighted by atomic mass is 10.0. The van der Waals surface area contributed by atoms with Crippen LogP contribution in [0.1, 0.15) is 21.6 Å². The zero-order valence-corrected chi connectivity index (χ0v) is 12.9. The monoisotopic (exact) mass is 307 g/mol. The molecular weight excluding hydrogens is 290 g/mol. The molecule has 3 heterocycles. The normalized spacial score (nSPS) is 13.9. The van der Waals surface area contributed by atoms with E-state index in [1.807, 2.05) is 17.0 Å². The van der Waals surface area contributed by atoms with Crippen molar-refractivity contribution in [1.82, 2.24) is 14.9 Å². The van der Waals surface area contributed by atoms with Gasteiger partial charge in [-0.2, -0.15) is 0 Å². The number of rotatable bonds is 2. The van der Waals surface area contributed by atoms with E-state index in [2.05, 4.69) is 22.1 Å². The van der Waals surface area contributed by atoms with Gasteiger partial charge >= 0.3 is 0 Å². The minimum absolute atomic E-state index is 0.0103. The SMILES string of the molecule is COc1ccc(C(=O)N2CCc3[nH]c4ccccc4c3C2)cn1. The molecule has 1 aliphatic heterocycles. The van der Waals surface area contributed by atoms with Gasteiger partial charge in [0.05, 0.1) is 12.7 Å². The molecule has 3 aromatic rings. The van der Waals surface area contributed by atoms with Crippen LogP contribution in [0.3, 0.4) is 0 Å². The summed E-state index contributed by atoms with van der Waals surface area (Å²) in [5, 5.41) is 1.20. The number of carbonyl (C=O) groups excluding carboxylic acids is 1. The van der Waals surface area contributed by atoms with Crippen molar-refractivity contribution in [3.63, 3.8) is 0 Å². The zero-order chi connectivity index (χ0) is 15.8. The number of para-hydroxylation sites is 1. The number of aromatic nitrogens is 2. The highest BCUT2D eigenvalue weighted by Gasteiger charge is 2.24. The van der Waals surface area contributed by atoms with E-state index >= 15 is 0 Å². The maximum atomic E-state index is 12.7. The molecule has 0 unspecified atom stereocenters. The van der Waals surface area contributed by atoms with Crippen LogP contribution in [0.15, 0.2) is 42.6 Å². The van der Waals surface area contributed by atoms with Crippen LogP contribution in [-0.2, 0) is 13.0 Å². The van der Waals surface area contributed by atoms with Crippen molar-refractivity contribution in [3.05, 3.63) is 59.4 Å². The topological polar surface area (TPSA) is 58.2 Å². The first-order valence-corrected chi connectivity index (χ1v) is 7.64. The minimum atomic E-state index is 0.0103. The van der Waals surface area contributed by atoms with Gasteiger partial charge in [0.2, 0.25) is 5.88 Å². The van der Waals surface area contributed by atoms with Crippen LogP contribution in [0.25, 0.3) is 10.9 Å². The number of methoxy groups -OCH3 is 1. The molecule has 23 heavy (non-hydrogen) atoms. The molecule has 5 heteroatoms. The molecule has 1 aromatic carbocycles. The van der Waals surface area contributed by atoms with E-state index in [0.29, 0.717) is 24.5 Å². The van der Waals surface area contributed by atoms with Gasteiger partial charge in [-0.1, -0.05) is 18.2 Å². The molecule has 0 aliphatic carbocycles. The molecule has 5 nitrogen and oxygen atoms in total. The molecule has 0 saturated heterocycles. The van der Waals surface area contributed by atoms with E-state index in [9.17, 15) is 4.79 Å². The summed E-state index contributed by atoms with van der Waals surface area (Å²) in [6, 6.07) is 11.7. The van der Waals surface area contributed by atoms with Crippen LogP contribution in [0.2, 0.25) is 0 Å². The second kappa shape index (κ2) is 5.43. The maximum Gasteiger partial charge on any atom is 0.255 e. The van der Waals surface area contributed by atoms with E-state index in [1.165, 1.54) is 16.6 Å². The molecular formula is C18H17N3O2. The third-order valence-corrected chi connectivity index (χ3v) is 4.36. The molecule has 0 radical (unpaired) electrons. The van der Waals surface area contributed by atoms with E-state index in [4.69, 9.17) is 4.74 Å². The number of nitrogens with one attached hydrogen (secondary N) is 1. The highest BCUT2D eigenvalue weighted by molar-refractivity contribution is 5.95. The molecule has 0 atom stereocenters. The van der Waals surface area contributed by atoms with Crippen LogP contribution >= 0.6 is 0 Å². The van der Waals surface area contributed by atoms with Gasteiger partial charge in [-0.3, -0.25) is 4.79 Å². The van der Waals surface area contributed by atoms with Gasteiger partial charge < -0.3 is 14.6 Å². The van der Waals surface area contributed by atoms with E-state index in [1.54, 1.807) is 25.4 Å². The summed E-state index contributed by atoms with van der Waals surface area (Å²) >= 11 is 0. The van der Waals surface area contributed by atoms with E-state index in [0.717, 1.165) is 11.9 Å². The number of hydrogen-bond acceptors (Lipinski definition) is 3. The van der Waals surface area contributed by atoms with Crippen molar-refractivity contribution in [2.45, 2.75) is 13.0 Å². The van der Waals surface area contributed by atoms with Gasteiger partial charge in [0, 0.05) is 53.9 Å². The van der Waals surface area contributed by atoms with E-state index in [-0.39, 0.29) is 5.91 Å². The first-order valence-electron chi connectivity index (χ1n) is 7.64. The van der Waals surface area contributed by atoms with Gasteiger partial charge in [0.15, 0.2) is 0 Å². The van der Waals surface area contributed by atoms with Gasteiger partial charge in [0.1, 0.15) is 0 Å². The fraction of sp³-hybridized carbons (Fsp3) is 0.222. The standard InChI is InChI=1S/C18H17N3O2/c1-23-17-7-6-12(10-19-17)18(22)21-9-8-16-14(11-21)13-4-2-3-5-15(13)20-16/h2-7,10,20H,8-9,11H2,1H3. The number of nitrogens with zero attached hydrogens (tertiary/aromatic N) is 2. The Kier molecular flexibility index (Phi) is 3.26. The first kappa shape index (κ1) is 13.8. The Morgan fingerprint density at radius 3 is 2.91 bits per heavy atom. The number of H-pyrrole nitrogens is 1. The zero-order valence-electron chi connectivity index (χ0n) is 12.9. The quantitative estimate of drug-likeness (QED) is 0.792. The second-order valence-electron chi connectivity index (χ2n) is 5.69. The summed E-state index contributed by atoms with van der Waals surface area (Å²) in [6.07, 6.45) is 2.42. The first-order chi connectivity index (χ1) is 11.3. The Balaban J connectivity index is 1.62. The number of pyridine rings is 1. The molecule has 4 rings (SSSR count). The van der Waals surface area contributed by atoms with Crippen molar-refractivity contribution < 1.29 is 9.53 Å². The molecule has 116 valence electrons. The smallest absolute Gasteiger partial charge is 0.255 e. The molecule has 0 bridgehead atoms. The number of fused-ring (bicyclic) bond motifs is 3. The molecule has 0 saturated carbocycles. The number of amides is 1. The average Bonchev–Trinajstić information content (AvgIpc) is 2.99. The fourth-order valence-electron chi connectivity index (χ4n) is 3.15. The largest absolute Gasteiger partial charge is 0.481 e. The predicted octanol–water partition coefficient (Wildman–Crippen LogP) is 2.77. The number of benzene rings is 1. The van der Waals surface area contributed by atoms with Crippen molar-refractivity contribution in [2.75, 3.05) is 13.7 Å². The van der Waals surface area contributed by atoms with Crippen molar-refractivity contribution in [1.29, 1.82) is 0 Å². The summed E-state index contributed by atoms with van der Waals surface area (Å²) in [7, 11) is 1.56. The average molecular weight is 307 g/mol. The third-order valence-electron chi connectivity index (χ3n) is 4.36. The summed E-state index contributed by atoms with van der Waals surface area (Å²) < 4.78 is 5.04. The van der Waals surface area contributed by atoms with Crippen molar-refractivity contribution in [3.8, 4) is 5.88 Å². The molecule has 2 aromatic heterocycles. The number of aromatic amines is 1. The Bertz CT molecular complexity index is 868. The Labute approximate surface area is 133 Å². The summed E-state index contributed by atoms with van der Waals surface area (Å²) in [5.41, 5.74) is 4.19. The molecule has 0 spiro atoms. The minimum Gasteiger partial charge on any atom is -0.481 e. The van der Waals surface area contributed by atoms with Gasteiger partial charge in [-0.15, -0.1) is 0 Å². The summed E-state index contributed by atoms with van der Waals surface area (Å²) in [5.74, 6) is 0.523. The predicted molar refractivity (Wildman–Crippen MR) is 87.5 cm³/mol.